The Bertz CT molecular complexity index is 826. The first kappa shape index (κ1) is 16.9. The number of fused-ring (bicyclic) bond motifs is 1. The Balaban J connectivity index is 1.87. The van der Waals surface area contributed by atoms with Gasteiger partial charge in [-0.05, 0) is 31.0 Å². The Morgan fingerprint density at radius 3 is 2.75 bits per heavy atom. The lowest BCUT2D eigenvalue weighted by molar-refractivity contribution is -0.116. The maximum absolute atomic E-state index is 12.4. The van der Waals surface area contributed by atoms with Crippen LogP contribution >= 0.6 is 22.9 Å². The van der Waals surface area contributed by atoms with Crippen LogP contribution in [0.2, 0.25) is 5.02 Å². The monoisotopic (exact) mass is 369 g/mol. The van der Waals surface area contributed by atoms with Gasteiger partial charge in [-0.1, -0.05) is 22.9 Å². The molecule has 24 heavy (non-hydrogen) atoms. The number of hydrogen-bond donors (Lipinski definition) is 1. The van der Waals surface area contributed by atoms with Gasteiger partial charge in [-0.3, -0.25) is 19.1 Å². The van der Waals surface area contributed by atoms with Gasteiger partial charge in [0.1, 0.15) is 12.3 Å². The zero-order valence-corrected chi connectivity index (χ0v) is 14.3. The second kappa shape index (κ2) is 6.92. The molecule has 2 aromatic rings. The number of rotatable bonds is 4. The molecular formula is C15H16ClN3O4S. The molecule has 1 aliphatic heterocycles. The average molecular weight is 370 g/mol. The molecule has 0 spiro atoms. The van der Waals surface area contributed by atoms with E-state index in [1.165, 1.54) is 4.57 Å². The fourth-order valence-corrected chi connectivity index (χ4v) is 4.05. The van der Waals surface area contributed by atoms with Crippen molar-refractivity contribution < 1.29 is 14.3 Å². The van der Waals surface area contributed by atoms with E-state index in [9.17, 15) is 14.4 Å². The zero-order chi connectivity index (χ0) is 17.3. The third-order valence-corrected chi connectivity index (χ3v) is 5.27. The Morgan fingerprint density at radius 2 is 2.12 bits per heavy atom. The number of thiazole rings is 1. The smallest absolute Gasteiger partial charge is 0.404 e. The molecule has 1 saturated heterocycles. The Kier molecular flexibility index (Phi) is 4.88. The van der Waals surface area contributed by atoms with Gasteiger partial charge in [0.05, 0.1) is 10.2 Å². The summed E-state index contributed by atoms with van der Waals surface area (Å²) in [6.45, 7) is 1.04. The second-order valence-electron chi connectivity index (χ2n) is 5.57. The van der Waals surface area contributed by atoms with Gasteiger partial charge in [0.2, 0.25) is 0 Å². The molecule has 1 aromatic heterocycles. The van der Waals surface area contributed by atoms with Crippen LogP contribution < -0.4 is 10.6 Å². The van der Waals surface area contributed by atoms with Crippen LogP contribution in [0, 0.1) is 0 Å². The minimum absolute atomic E-state index is 0.208. The molecule has 0 radical (unpaired) electrons. The highest BCUT2D eigenvalue weighted by Gasteiger charge is 2.29. The number of piperidine rings is 1. The summed E-state index contributed by atoms with van der Waals surface area (Å²) in [6, 6.07) is 5.18. The fraction of sp³-hybridized carbons (Fsp3) is 0.400. The van der Waals surface area contributed by atoms with E-state index >= 15 is 0 Å². The summed E-state index contributed by atoms with van der Waals surface area (Å²) < 4.78 is 7.24. The first-order valence-corrected chi connectivity index (χ1v) is 8.65. The van der Waals surface area contributed by atoms with Crippen molar-refractivity contribution >= 4 is 45.5 Å². The molecule has 9 heteroatoms. The van der Waals surface area contributed by atoms with Crippen LogP contribution in [0.25, 0.3) is 10.2 Å². The van der Waals surface area contributed by atoms with Gasteiger partial charge >= 0.3 is 11.0 Å². The molecule has 1 amide bonds. The number of carbonyl (C=O) groups is 2. The van der Waals surface area contributed by atoms with Gasteiger partial charge in [-0.15, -0.1) is 0 Å². The SMILES string of the molecule is NC(=O)OC1CCN(C(C=O)n2c(=O)sc3ccc(Cl)cc32)CC1. The molecule has 3 rings (SSSR count). The van der Waals surface area contributed by atoms with Crippen molar-refractivity contribution in [1.29, 1.82) is 0 Å². The lowest BCUT2D eigenvalue weighted by Gasteiger charge is -2.35. The molecule has 1 atom stereocenters. The van der Waals surface area contributed by atoms with Crippen molar-refractivity contribution in [2.75, 3.05) is 13.1 Å². The van der Waals surface area contributed by atoms with E-state index in [0.29, 0.717) is 36.5 Å². The number of aromatic nitrogens is 1. The van der Waals surface area contributed by atoms with E-state index in [-0.39, 0.29) is 11.0 Å². The van der Waals surface area contributed by atoms with E-state index in [0.717, 1.165) is 22.3 Å². The minimum atomic E-state index is -0.796. The molecule has 2 N–H and O–H groups in total. The molecule has 2 heterocycles. The van der Waals surface area contributed by atoms with Crippen LogP contribution in [-0.2, 0) is 9.53 Å². The number of amides is 1. The summed E-state index contributed by atoms with van der Waals surface area (Å²) in [7, 11) is 0. The van der Waals surface area contributed by atoms with Crippen LogP contribution in [0.3, 0.4) is 0 Å². The number of nitrogens with zero attached hydrogens (tertiary/aromatic N) is 2. The number of benzene rings is 1. The lowest BCUT2D eigenvalue weighted by Crippen LogP contribution is -2.44. The van der Waals surface area contributed by atoms with E-state index in [2.05, 4.69) is 0 Å². The molecule has 7 nitrogen and oxygen atoms in total. The third kappa shape index (κ3) is 3.31. The Hall–Kier alpha value is -1.90. The Morgan fingerprint density at radius 1 is 1.42 bits per heavy atom. The number of primary amides is 1. The quantitative estimate of drug-likeness (QED) is 0.831. The van der Waals surface area contributed by atoms with Crippen LogP contribution in [0.15, 0.2) is 23.0 Å². The highest BCUT2D eigenvalue weighted by Crippen LogP contribution is 2.27. The first-order valence-electron chi connectivity index (χ1n) is 7.45. The summed E-state index contributed by atoms with van der Waals surface area (Å²) in [4.78, 5) is 36.6. The van der Waals surface area contributed by atoms with Crippen LogP contribution in [0.5, 0.6) is 0 Å². The molecule has 1 aliphatic rings. The number of halogens is 1. The first-order chi connectivity index (χ1) is 11.5. The maximum atomic E-state index is 12.4. The number of carbonyl (C=O) groups excluding carboxylic acids is 2. The van der Waals surface area contributed by atoms with Gasteiger partial charge in [0.25, 0.3) is 0 Å². The van der Waals surface area contributed by atoms with E-state index < -0.39 is 12.3 Å². The largest absolute Gasteiger partial charge is 0.446 e. The van der Waals surface area contributed by atoms with Gasteiger partial charge in [0, 0.05) is 18.1 Å². The number of hydrogen-bond acceptors (Lipinski definition) is 6. The van der Waals surface area contributed by atoms with Gasteiger partial charge < -0.3 is 10.5 Å². The van der Waals surface area contributed by atoms with Crippen molar-refractivity contribution in [2.24, 2.45) is 5.73 Å². The summed E-state index contributed by atoms with van der Waals surface area (Å²) in [5, 5.41) is 0.507. The number of aldehydes is 1. The van der Waals surface area contributed by atoms with E-state index in [1.807, 2.05) is 4.90 Å². The highest BCUT2D eigenvalue weighted by atomic mass is 35.5. The molecular weight excluding hydrogens is 354 g/mol. The standard InChI is InChI=1S/C15H16ClN3O4S/c16-9-1-2-12-11(7-9)19(15(22)24-12)13(8-20)18-5-3-10(4-6-18)23-14(17)21/h1-2,7-8,10,13H,3-6H2,(H2,17,21). The van der Waals surface area contributed by atoms with Gasteiger partial charge in [0.15, 0.2) is 6.29 Å². The van der Waals surface area contributed by atoms with E-state index in [1.54, 1.807) is 18.2 Å². The average Bonchev–Trinajstić information content (AvgIpc) is 2.85. The normalized spacial score (nSPS) is 17.7. The lowest BCUT2D eigenvalue weighted by atomic mass is 10.1. The van der Waals surface area contributed by atoms with E-state index in [4.69, 9.17) is 22.1 Å². The zero-order valence-electron chi connectivity index (χ0n) is 12.7. The summed E-state index contributed by atoms with van der Waals surface area (Å²) in [5.41, 5.74) is 5.67. The third-order valence-electron chi connectivity index (χ3n) is 4.09. The molecule has 1 fully saturated rings. The maximum Gasteiger partial charge on any atom is 0.404 e. The molecule has 1 unspecified atom stereocenters. The van der Waals surface area contributed by atoms with Gasteiger partial charge in [-0.25, -0.2) is 4.79 Å². The molecule has 0 aliphatic carbocycles. The van der Waals surface area contributed by atoms with Crippen molar-refractivity contribution in [3.8, 4) is 0 Å². The van der Waals surface area contributed by atoms with Gasteiger partial charge in [-0.2, -0.15) is 0 Å². The summed E-state index contributed by atoms with van der Waals surface area (Å²) in [6.07, 6.45) is 0.116. The fourth-order valence-electron chi connectivity index (χ4n) is 2.99. The van der Waals surface area contributed by atoms with Crippen molar-refractivity contribution in [1.82, 2.24) is 9.47 Å². The highest BCUT2D eigenvalue weighted by molar-refractivity contribution is 7.16. The predicted molar refractivity (Wildman–Crippen MR) is 91.5 cm³/mol. The van der Waals surface area contributed by atoms with Crippen molar-refractivity contribution in [2.45, 2.75) is 25.1 Å². The van der Waals surface area contributed by atoms with Crippen LogP contribution in [0.1, 0.15) is 19.0 Å². The molecule has 1 aromatic carbocycles. The van der Waals surface area contributed by atoms with Crippen molar-refractivity contribution in [3.05, 3.63) is 32.9 Å². The summed E-state index contributed by atoms with van der Waals surface area (Å²) >= 11 is 7.11. The Labute approximate surface area is 146 Å². The van der Waals surface area contributed by atoms with Crippen molar-refractivity contribution in [3.63, 3.8) is 0 Å². The number of ether oxygens (including phenoxy) is 1. The molecule has 0 bridgehead atoms. The topological polar surface area (TPSA) is 94.6 Å². The molecule has 0 saturated carbocycles. The molecule has 128 valence electrons. The summed E-state index contributed by atoms with van der Waals surface area (Å²) in [5.74, 6) is 0. The van der Waals surface area contributed by atoms with Crippen LogP contribution in [0.4, 0.5) is 4.79 Å². The second-order valence-corrected chi connectivity index (χ2v) is 7.00. The van der Waals surface area contributed by atoms with Crippen LogP contribution in [-0.4, -0.2) is 41.0 Å². The number of nitrogens with two attached hydrogens (primary N) is 1. The minimum Gasteiger partial charge on any atom is -0.446 e. The predicted octanol–water partition coefficient (Wildman–Crippen LogP) is 1.97. The number of likely N-dealkylation sites (tertiary alicyclic amines) is 1.